The maximum Gasteiger partial charge on any atom is 0.285 e. The van der Waals surface area contributed by atoms with Crippen molar-refractivity contribution in [3.8, 4) is 5.75 Å². The number of aliphatic hydroxyl groups is 1. The summed E-state index contributed by atoms with van der Waals surface area (Å²) in [7, 11) is -4.23. The largest absolute Gasteiger partial charge is 0.748 e. The number of halogens is 2. The molecule has 2 aromatic rings. The number of aromatic hydroxyl groups is 1. The van der Waals surface area contributed by atoms with Crippen LogP contribution in [0.5, 0.6) is 5.75 Å². The van der Waals surface area contributed by atoms with Gasteiger partial charge in [-0.05, 0) is 51.0 Å². The fourth-order valence-electron chi connectivity index (χ4n) is 4.56. The lowest BCUT2D eigenvalue weighted by Gasteiger charge is -2.24. The van der Waals surface area contributed by atoms with Crippen LogP contribution in [-0.4, -0.2) is 49.3 Å². The molecule has 0 fully saturated rings. The van der Waals surface area contributed by atoms with Crippen LogP contribution >= 0.6 is 23.2 Å². The summed E-state index contributed by atoms with van der Waals surface area (Å²) in [6.07, 6.45) is 6.84. The normalized spacial score (nSPS) is 18.5. The number of benzene rings is 2. The molecule has 0 aromatic heterocycles. The van der Waals surface area contributed by atoms with Gasteiger partial charge in [0.2, 0.25) is 0 Å². The Labute approximate surface area is 216 Å². The molecule has 188 valence electrons. The third-order valence-electron chi connectivity index (χ3n) is 6.15. The maximum absolute atomic E-state index is 11.0. The Morgan fingerprint density at radius 1 is 1.00 bits per heavy atom. The molecule has 1 atom stereocenters. The molecule has 10 heteroatoms. The van der Waals surface area contributed by atoms with Gasteiger partial charge in [0.25, 0.3) is 12.0 Å². The molecule has 4 rings (SSSR count). The van der Waals surface area contributed by atoms with Gasteiger partial charge in [-0.25, -0.2) is 8.42 Å². The summed E-state index contributed by atoms with van der Waals surface area (Å²) in [4.78, 5) is 6.48. The second-order valence-corrected chi connectivity index (χ2v) is 10.7. The summed E-state index contributed by atoms with van der Waals surface area (Å²) >= 11 is 12.7. The summed E-state index contributed by atoms with van der Waals surface area (Å²) in [5, 5.41) is 0.922. The molecule has 2 aromatic carbocycles. The molecule has 1 unspecified atom stereocenters. The van der Waals surface area contributed by atoms with Crippen LogP contribution in [0.3, 0.4) is 0 Å². The van der Waals surface area contributed by atoms with Crippen molar-refractivity contribution in [2.24, 2.45) is 0 Å². The minimum Gasteiger partial charge on any atom is -0.748 e. The Kier molecular flexibility index (Phi) is 7.86. The van der Waals surface area contributed by atoms with Crippen LogP contribution in [-0.2, 0) is 10.1 Å². The van der Waals surface area contributed by atoms with E-state index in [2.05, 4.69) is 40.7 Å². The van der Waals surface area contributed by atoms with Gasteiger partial charge in [0.15, 0.2) is 0 Å². The molecule has 35 heavy (non-hydrogen) atoms. The molecule has 0 saturated carbocycles. The van der Waals surface area contributed by atoms with E-state index in [0.29, 0.717) is 36.0 Å². The Balaban J connectivity index is 1.60. The fraction of sp³-hybridized carbons (Fsp3) is 0.360. The number of anilines is 3. The highest BCUT2D eigenvalue weighted by atomic mass is 35.5. The van der Waals surface area contributed by atoms with Gasteiger partial charge >= 0.3 is 0 Å². The van der Waals surface area contributed by atoms with Crippen LogP contribution in [0.4, 0.5) is 17.1 Å². The average Bonchev–Trinajstić information content (AvgIpc) is 3.30. The van der Waals surface area contributed by atoms with Crippen LogP contribution < -0.4 is 14.7 Å². The Hall–Kier alpha value is -2.39. The number of nitrogens with zero attached hydrogens (tertiary/aromatic N) is 3. The molecule has 1 N–H and O–H groups in total. The van der Waals surface area contributed by atoms with Gasteiger partial charge in [-0.3, -0.25) is 4.90 Å². The number of allylic oxidation sites excluding steroid dienone is 2. The van der Waals surface area contributed by atoms with Gasteiger partial charge in [0.05, 0.1) is 31.5 Å². The van der Waals surface area contributed by atoms with Crippen molar-refractivity contribution < 1.29 is 17.7 Å². The van der Waals surface area contributed by atoms with Crippen LogP contribution in [0.25, 0.3) is 0 Å². The van der Waals surface area contributed by atoms with Crippen molar-refractivity contribution in [2.45, 2.75) is 32.9 Å². The third kappa shape index (κ3) is 5.56. The number of likely N-dealkylation sites (N-methyl/N-ethyl adjacent to an activating group) is 1. The number of ether oxygens (including phenoxy) is 1. The number of unbranched alkanes of at least 4 members (excludes halogenated alkanes) is 1. The van der Waals surface area contributed by atoms with E-state index in [9.17, 15) is 13.0 Å². The molecule has 0 saturated heterocycles. The van der Waals surface area contributed by atoms with Gasteiger partial charge in [0.1, 0.15) is 11.5 Å². The Morgan fingerprint density at radius 2 is 1.69 bits per heavy atom. The maximum atomic E-state index is 11.0. The zero-order chi connectivity index (χ0) is 25.2. The zero-order valence-corrected chi connectivity index (χ0v) is 22.0. The molecular weight excluding hydrogens is 509 g/mol. The van der Waals surface area contributed by atoms with E-state index in [0.717, 1.165) is 35.2 Å². The summed E-state index contributed by atoms with van der Waals surface area (Å²) in [5.41, 5.74) is 2.96. The lowest BCUT2D eigenvalue weighted by atomic mass is 10.2. The molecule has 0 spiro atoms. The standard InChI is InChI=1S/C25H29Cl2N3O4S/c1-3-28-21-16-18(26)19(27)17-22(21)30(14-7-8-15-35(31,32)33)24(28)12-9-13-25-29(4-2)20-10-5-6-11-23(20)34-25/h5-6,9-13,16-17,25H,3-4,7-8,14-15H2,1-2H3,(H,31,32,33)/b13-9-,24-12-. The van der Waals surface area contributed by atoms with Crippen LogP contribution in [0.1, 0.15) is 26.7 Å². The molecule has 0 bridgehead atoms. The first kappa shape index (κ1) is 25.7. The summed E-state index contributed by atoms with van der Waals surface area (Å²) in [6, 6.07) is 11.8. The summed E-state index contributed by atoms with van der Waals surface area (Å²) < 4.78 is 37.9. The quantitative estimate of drug-likeness (QED) is 0.239. The molecule has 2 aliphatic rings. The van der Waals surface area contributed by atoms with E-state index in [4.69, 9.17) is 27.9 Å². The van der Waals surface area contributed by atoms with Crippen molar-refractivity contribution in [3.63, 3.8) is 0 Å². The highest BCUT2D eigenvalue weighted by Crippen LogP contribution is 2.45. The van der Waals surface area contributed by atoms with Gasteiger partial charge < -0.3 is 19.1 Å². The second kappa shape index (κ2) is 10.7. The minimum absolute atomic E-state index is 0.0901. The number of hydrogen-bond acceptors (Lipinski definition) is 6. The lowest BCUT2D eigenvalue weighted by molar-refractivity contribution is 0.0381. The SMILES string of the molecule is CCN1/C(=C/C=C\C2[OH+]c3ccccc3N2CC)N(CCCCS(=O)(=O)[O-])c2cc(Cl)c(Cl)cc21. The van der Waals surface area contributed by atoms with Gasteiger partial charge in [0, 0.05) is 37.5 Å². The predicted octanol–water partition coefficient (Wildman–Crippen LogP) is 5.47. The first-order valence-corrected chi connectivity index (χ1v) is 14.0. The van der Waals surface area contributed by atoms with Gasteiger partial charge in [-0.2, -0.15) is 0 Å². The number of rotatable bonds is 9. The van der Waals surface area contributed by atoms with Gasteiger partial charge in [-0.1, -0.05) is 41.4 Å². The average molecular weight is 538 g/mol. The lowest BCUT2D eigenvalue weighted by Crippen LogP contribution is -2.31. The van der Waals surface area contributed by atoms with Crippen LogP contribution in [0.15, 0.2) is 60.4 Å². The smallest absolute Gasteiger partial charge is 0.285 e. The Bertz CT molecular complexity index is 1250. The van der Waals surface area contributed by atoms with Crippen molar-refractivity contribution in [3.05, 3.63) is 70.5 Å². The molecule has 2 aliphatic heterocycles. The molecule has 0 amide bonds. The highest BCUT2D eigenvalue weighted by Gasteiger charge is 2.33. The monoisotopic (exact) mass is 537 g/mol. The van der Waals surface area contributed by atoms with Crippen LogP contribution in [0, 0.1) is 0 Å². The molecule has 0 radical (unpaired) electrons. The van der Waals surface area contributed by atoms with E-state index in [-0.39, 0.29) is 12.0 Å². The van der Waals surface area contributed by atoms with Gasteiger partial charge in [-0.15, -0.1) is 0 Å². The predicted molar refractivity (Wildman–Crippen MR) is 143 cm³/mol. The van der Waals surface area contributed by atoms with E-state index < -0.39 is 10.1 Å². The Morgan fingerprint density at radius 3 is 2.34 bits per heavy atom. The highest BCUT2D eigenvalue weighted by molar-refractivity contribution is 7.85. The second-order valence-electron chi connectivity index (χ2n) is 8.35. The van der Waals surface area contributed by atoms with Crippen molar-refractivity contribution >= 4 is 50.4 Å². The molecule has 7 nitrogen and oxygen atoms in total. The van der Waals surface area contributed by atoms with E-state index in [1.165, 1.54) is 0 Å². The van der Waals surface area contributed by atoms with E-state index in [1.807, 2.05) is 42.5 Å². The minimum atomic E-state index is -4.23. The third-order valence-corrected chi connectivity index (χ3v) is 7.66. The fourth-order valence-corrected chi connectivity index (χ4v) is 5.44. The first-order valence-electron chi connectivity index (χ1n) is 11.7. The number of para-hydroxylation sites is 2. The van der Waals surface area contributed by atoms with E-state index in [1.54, 1.807) is 0 Å². The topological polar surface area (TPSA) is 79.7 Å². The van der Waals surface area contributed by atoms with E-state index >= 15 is 0 Å². The summed E-state index contributed by atoms with van der Waals surface area (Å²) in [5.74, 6) is 1.54. The molecule has 0 aliphatic carbocycles. The van der Waals surface area contributed by atoms with Crippen LogP contribution in [0.2, 0.25) is 10.0 Å². The zero-order valence-electron chi connectivity index (χ0n) is 19.7. The van der Waals surface area contributed by atoms with Crippen molar-refractivity contribution in [1.82, 2.24) is 0 Å². The number of hydrogen-bond donors (Lipinski definition) is 0. The van der Waals surface area contributed by atoms with Crippen molar-refractivity contribution in [1.29, 1.82) is 0 Å². The van der Waals surface area contributed by atoms with Crippen molar-refractivity contribution in [2.75, 3.05) is 40.1 Å². The molecular formula is C25H29Cl2N3O4S. The summed E-state index contributed by atoms with van der Waals surface area (Å²) in [6.45, 7) is 6.25. The number of fused-ring (bicyclic) bond motifs is 2. The molecule has 2 heterocycles. The first-order chi connectivity index (χ1) is 16.7.